The highest BCUT2D eigenvalue weighted by atomic mass is 32.2. The van der Waals surface area contributed by atoms with E-state index in [4.69, 9.17) is 5.73 Å². The molecule has 0 saturated carbocycles. The summed E-state index contributed by atoms with van der Waals surface area (Å²) in [5, 5.41) is 0. The fourth-order valence-electron chi connectivity index (χ4n) is 1.59. The van der Waals surface area contributed by atoms with Gasteiger partial charge >= 0.3 is 0 Å². The second kappa shape index (κ2) is 4.77. The molecule has 0 spiro atoms. The molecule has 1 atom stereocenters. The fraction of sp³-hybridized carbons (Fsp3) is 0.455. The van der Waals surface area contributed by atoms with Gasteiger partial charge < -0.3 is 5.73 Å². The highest BCUT2D eigenvalue weighted by Crippen LogP contribution is 2.06. The van der Waals surface area contributed by atoms with Gasteiger partial charge in [-0.2, -0.15) is 0 Å². The molecule has 1 unspecified atom stereocenters. The first kappa shape index (κ1) is 12.2. The maximum Gasteiger partial charge on any atom is 0.148 e. The molecule has 0 bridgehead atoms. The minimum atomic E-state index is -2.98. The van der Waals surface area contributed by atoms with Crippen molar-refractivity contribution < 1.29 is 8.42 Å². The topological polar surface area (TPSA) is 60.2 Å². The molecule has 0 amide bonds. The lowest BCUT2D eigenvalue weighted by Crippen LogP contribution is -2.31. The number of nitrogens with two attached hydrogens (primary N) is 1. The molecule has 2 N–H and O–H groups in total. The van der Waals surface area contributed by atoms with Gasteiger partial charge in [-0.3, -0.25) is 0 Å². The molecular weight excluding hydrogens is 210 g/mol. The lowest BCUT2D eigenvalue weighted by Gasteiger charge is -2.10. The molecule has 0 radical (unpaired) electrons. The molecule has 15 heavy (non-hydrogen) atoms. The minimum absolute atomic E-state index is 0.0426. The summed E-state index contributed by atoms with van der Waals surface area (Å²) in [5.74, 6) is 0.0426. The molecule has 1 aromatic carbocycles. The third-order valence-electron chi connectivity index (χ3n) is 2.10. The highest BCUT2D eigenvalue weighted by Gasteiger charge is 2.11. The molecule has 0 saturated heterocycles. The predicted molar refractivity (Wildman–Crippen MR) is 62.6 cm³/mol. The number of sulfone groups is 1. The Balaban J connectivity index is 2.63. The summed E-state index contributed by atoms with van der Waals surface area (Å²) in [6.45, 7) is 2.01. The van der Waals surface area contributed by atoms with Gasteiger partial charge in [0.15, 0.2) is 0 Å². The van der Waals surface area contributed by atoms with Gasteiger partial charge in [0, 0.05) is 12.3 Å². The van der Waals surface area contributed by atoms with Crippen LogP contribution in [0.2, 0.25) is 0 Å². The van der Waals surface area contributed by atoms with E-state index in [1.807, 2.05) is 31.2 Å². The second-order valence-corrected chi connectivity index (χ2v) is 6.23. The van der Waals surface area contributed by atoms with Crippen LogP contribution in [0.25, 0.3) is 0 Å². The van der Waals surface area contributed by atoms with E-state index in [0.717, 1.165) is 5.56 Å². The number of hydrogen-bond acceptors (Lipinski definition) is 3. The van der Waals surface area contributed by atoms with E-state index in [-0.39, 0.29) is 11.8 Å². The van der Waals surface area contributed by atoms with Crippen LogP contribution in [0.5, 0.6) is 0 Å². The Morgan fingerprint density at radius 1 is 1.40 bits per heavy atom. The molecule has 1 rings (SSSR count). The Kier molecular flexibility index (Phi) is 3.88. The summed E-state index contributed by atoms with van der Waals surface area (Å²) in [4.78, 5) is 0. The Morgan fingerprint density at radius 2 is 2.07 bits per heavy atom. The molecule has 4 heteroatoms. The van der Waals surface area contributed by atoms with E-state index < -0.39 is 9.84 Å². The summed E-state index contributed by atoms with van der Waals surface area (Å²) in [7, 11) is -2.98. The standard InChI is InChI=1S/C11H17NO2S/c1-9-4-3-5-10(6-9)7-11(12)8-15(2,13)14/h3-6,11H,7-8,12H2,1-2H3. The van der Waals surface area contributed by atoms with Crippen LogP contribution >= 0.6 is 0 Å². The maximum atomic E-state index is 11.0. The SMILES string of the molecule is Cc1cccc(CC(N)CS(C)(=O)=O)c1. The molecular formula is C11H17NO2S. The Hall–Kier alpha value is -0.870. The van der Waals surface area contributed by atoms with E-state index in [9.17, 15) is 8.42 Å². The number of benzene rings is 1. The third kappa shape index (κ3) is 4.95. The molecule has 1 aromatic rings. The van der Waals surface area contributed by atoms with Crippen molar-refractivity contribution in [1.29, 1.82) is 0 Å². The van der Waals surface area contributed by atoms with Crippen molar-refractivity contribution in [2.75, 3.05) is 12.0 Å². The first-order chi connectivity index (χ1) is 6.87. The van der Waals surface area contributed by atoms with Gasteiger partial charge in [0.2, 0.25) is 0 Å². The summed E-state index contributed by atoms with van der Waals surface area (Å²) in [6, 6.07) is 7.64. The largest absolute Gasteiger partial charge is 0.326 e. The molecule has 0 aliphatic heterocycles. The summed E-state index contributed by atoms with van der Waals surface area (Å²) in [6.07, 6.45) is 1.82. The Morgan fingerprint density at radius 3 is 2.60 bits per heavy atom. The van der Waals surface area contributed by atoms with Gasteiger partial charge in [-0.15, -0.1) is 0 Å². The van der Waals surface area contributed by atoms with Gasteiger partial charge in [0.05, 0.1) is 5.75 Å². The summed E-state index contributed by atoms with van der Waals surface area (Å²) in [5.41, 5.74) is 8.02. The Bertz CT molecular complexity index is 426. The van der Waals surface area contributed by atoms with E-state index in [0.29, 0.717) is 6.42 Å². The lowest BCUT2D eigenvalue weighted by molar-refractivity contribution is 0.591. The highest BCUT2D eigenvalue weighted by molar-refractivity contribution is 7.90. The second-order valence-electron chi connectivity index (χ2n) is 4.05. The molecule has 3 nitrogen and oxygen atoms in total. The van der Waals surface area contributed by atoms with Crippen molar-refractivity contribution in [3.8, 4) is 0 Å². The first-order valence-electron chi connectivity index (χ1n) is 4.86. The van der Waals surface area contributed by atoms with E-state index in [1.165, 1.54) is 11.8 Å². The normalized spacial score (nSPS) is 13.8. The average Bonchev–Trinajstić information content (AvgIpc) is 1.99. The molecule has 0 aromatic heterocycles. The summed E-state index contributed by atoms with van der Waals surface area (Å²) >= 11 is 0. The van der Waals surface area contributed by atoms with Crippen LogP contribution in [-0.4, -0.2) is 26.5 Å². The van der Waals surface area contributed by atoms with Crippen LogP contribution in [0.4, 0.5) is 0 Å². The van der Waals surface area contributed by atoms with Crippen molar-refractivity contribution >= 4 is 9.84 Å². The average molecular weight is 227 g/mol. The van der Waals surface area contributed by atoms with Gasteiger partial charge in [0.25, 0.3) is 0 Å². The minimum Gasteiger partial charge on any atom is -0.326 e. The van der Waals surface area contributed by atoms with Crippen molar-refractivity contribution in [3.63, 3.8) is 0 Å². The van der Waals surface area contributed by atoms with Gasteiger partial charge in [-0.1, -0.05) is 29.8 Å². The maximum absolute atomic E-state index is 11.0. The van der Waals surface area contributed by atoms with Crippen LogP contribution in [0, 0.1) is 6.92 Å². The van der Waals surface area contributed by atoms with Crippen LogP contribution in [0.15, 0.2) is 24.3 Å². The lowest BCUT2D eigenvalue weighted by atomic mass is 10.1. The molecule has 84 valence electrons. The number of aryl methyl sites for hydroxylation is 1. The zero-order chi connectivity index (χ0) is 11.5. The van der Waals surface area contributed by atoms with Gasteiger partial charge in [0.1, 0.15) is 9.84 Å². The van der Waals surface area contributed by atoms with E-state index >= 15 is 0 Å². The van der Waals surface area contributed by atoms with Crippen LogP contribution in [0.1, 0.15) is 11.1 Å². The molecule has 0 aliphatic carbocycles. The van der Waals surface area contributed by atoms with Crippen molar-refractivity contribution in [2.24, 2.45) is 5.73 Å². The first-order valence-corrected chi connectivity index (χ1v) is 6.92. The van der Waals surface area contributed by atoms with Crippen molar-refractivity contribution in [2.45, 2.75) is 19.4 Å². The smallest absolute Gasteiger partial charge is 0.148 e. The quantitative estimate of drug-likeness (QED) is 0.831. The van der Waals surface area contributed by atoms with Gasteiger partial charge in [-0.05, 0) is 18.9 Å². The molecule has 0 fully saturated rings. The van der Waals surface area contributed by atoms with Crippen LogP contribution < -0.4 is 5.73 Å². The zero-order valence-electron chi connectivity index (χ0n) is 9.10. The van der Waals surface area contributed by atoms with Crippen molar-refractivity contribution in [3.05, 3.63) is 35.4 Å². The summed E-state index contributed by atoms with van der Waals surface area (Å²) < 4.78 is 22.0. The van der Waals surface area contributed by atoms with Gasteiger partial charge in [-0.25, -0.2) is 8.42 Å². The van der Waals surface area contributed by atoms with Crippen LogP contribution in [-0.2, 0) is 16.3 Å². The fourth-order valence-corrected chi connectivity index (χ4v) is 2.49. The monoisotopic (exact) mass is 227 g/mol. The molecule has 0 aliphatic rings. The van der Waals surface area contributed by atoms with Crippen LogP contribution in [0.3, 0.4) is 0 Å². The zero-order valence-corrected chi connectivity index (χ0v) is 9.92. The molecule has 0 heterocycles. The van der Waals surface area contributed by atoms with E-state index in [1.54, 1.807) is 0 Å². The third-order valence-corrected chi connectivity index (χ3v) is 3.13. The number of hydrogen-bond donors (Lipinski definition) is 1. The Labute approximate surface area is 91.2 Å². The number of rotatable bonds is 4. The van der Waals surface area contributed by atoms with E-state index in [2.05, 4.69) is 0 Å². The predicted octanol–water partition coefficient (Wildman–Crippen LogP) is 0.909. The van der Waals surface area contributed by atoms with Crippen molar-refractivity contribution in [1.82, 2.24) is 0 Å².